The lowest BCUT2D eigenvalue weighted by Crippen LogP contribution is -2.13. The molecule has 0 aliphatic rings. The molecule has 0 saturated carbocycles. The number of thiazole rings is 1. The zero-order chi connectivity index (χ0) is 13.7. The summed E-state index contributed by atoms with van der Waals surface area (Å²) in [5, 5.41) is 4.44. The fourth-order valence-electron chi connectivity index (χ4n) is 1.86. The van der Waals surface area contributed by atoms with Crippen molar-refractivity contribution in [3.8, 4) is 10.7 Å². The van der Waals surface area contributed by atoms with Crippen molar-refractivity contribution >= 4 is 11.3 Å². The lowest BCUT2D eigenvalue weighted by atomic mass is 10.3. The topological polar surface area (TPSA) is 50.7 Å². The number of rotatable bonds is 6. The Labute approximate surface area is 118 Å². The quantitative estimate of drug-likeness (QED) is 0.824. The number of hydrogen-bond acceptors (Lipinski definition) is 5. The average Bonchev–Trinajstić information content (AvgIpc) is 2.82. The van der Waals surface area contributed by atoms with Gasteiger partial charge in [-0.3, -0.25) is 0 Å². The zero-order valence-corrected chi connectivity index (χ0v) is 12.5. The highest BCUT2D eigenvalue weighted by Crippen LogP contribution is 2.27. The van der Waals surface area contributed by atoms with Gasteiger partial charge in [0.25, 0.3) is 0 Å². The van der Waals surface area contributed by atoms with E-state index < -0.39 is 0 Å². The van der Waals surface area contributed by atoms with E-state index in [2.05, 4.69) is 29.1 Å². The summed E-state index contributed by atoms with van der Waals surface area (Å²) < 4.78 is 0. The predicted octanol–water partition coefficient (Wildman–Crippen LogP) is 2.97. The summed E-state index contributed by atoms with van der Waals surface area (Å²) in [6.07, 6.45) is 3.90. The molecule has 0 aliphatic carbocycles. The Hall–Kier alpha value is -1.33. The van der Waals surface area contributed by atoms with Gasteiger partial charge in [-0.15, -0.1) is 11.3 Å². The molecule has 5 heteroatoms. The third-order valence-corrected chi connectivity index (χ3v) is 3.94. The maximum absolute atomic E-state index is 4.71. The predicted molar refractivity (Wildman–Crippen MR) is 79.3 cm³/mol. The molecule has 102 valence electrons. The largest absolute Gasteiger partial charge is 0.312 e. The molecular formula is C14H20N4S. The molecule has 0 fully saturated rings. The molecule has 0 saturated heterocycles. The van der Waals surface area contributed by atoms with Crippen molar-refractivity contribution in [1.29, 1.82) is 0 Å². The number of aromatic nitrogens is 3. The number of nitrogens with zero attached hydrogens (tertiary/aromatic N) is 3. The molecule has 0 bridgehead atoms. The summed E-state index contributed by atoms with van der Waals surface area (Å²) in [7, 11) is 0. The summed E-state index contributed by atoms with van der Waals surface area (Å²) in [6, 6.07) is 1.93. The molecule has 2 heterocycles. The summed E-state index contributed by atoms with van der Waals surface area (Å²) in [5.41, 5.74) is 2.11. The second-order valence-electron chi connectivity index (χ2n) is 4.41. The van der Waals surface area contributed by atoms with Crippen molar-refractivity contribution in [2.75, 3.05) is 6.54 Å². The molecule has 2 aromatic heterocycles. The Morgan fingerprint density at radius 3 is 2.79 bits per heavy atom. The minimum absolute atomic E-state index is 0.788. The van der Waals surface area contributed by atoms with Crippen LogP contribution in [0.2, 0.25) is 0 Å². The average molecular weight is 276 g/mol. The van der Waals surface area contributed by atoms with Gasteiger partial charge < -0.3 is 5.32 Å². The van der Waals surface area contributed by atoms with Gasteiger partial charge in [0.2, 0.25) is 0 Å². The first-order valence-electron chi connectivity index (χ1n) is 6.73. The number of nitrogens with one attached hydrogen (secondary N) is 1. The van der Waals surface area contributed by atoms with Gasteiger partial charge in [-0.2, -0.15) is 0 Å². The van der Waals surface area contributed by atoms with E-state index in [0.29, 0.717) is 0 Å². The fraction of sp³-hybridized carbons (Fsp3) is 0.500. The molecular weight excluding hydrogens is 256 g/mol. The lowest BCUT2D eigenvalue weighted by Gasteiger charge is -2.01. The summed E-state index contributed by atoms with van der Waals surface area (Å²) in [5.74, 6) is 0.788. The van der Waals surface area contributed by atoms with E-state index in [9.17, 15) is 0 Å². The van der Waals surface area contributed by atoms with E-state index in [0.717, 1.165) is 42.5 Å². The van der Waals surface area contributed by atoms with Crippen LogP contribution in [-0.2, 0) is 13.0 Å². The van der Waals surface area contributed by atoms with E-state index in [1.54, 1.807) is 17.5 Å². The molecule has 2 aromatic rings. The maximum atomic E-state index is 4.71. The van der Waals surface area contributed by atoms with E-state index in [-0.39, 0.29) is 0 Å². The van der Waals surface area contributed by atoms with Crippen molar-refractivity contribution in [2.24, 2.45) is 0 Å². The lowest BCUT2D eigenvalue weighted by molar-refractivity contribution is 0.677. The van der Waals surface area contributed by atoms with Crippen LogP contribution < -0.4 is 5.32 Å². The first kappa shape index (κ1) is 14.1. The maximum Gasteiger partial charge on any atom is 0.142 e. The molecule has 0 aromatic carbocycles. The van der Waals surface area contributed by atoms with Gasteiger partial charge in [-0.05, 0) is 32.4 Å². The van der Waals surface area contributed by atoms with Crippen LogP contribution in [0.5, 0.6) is 0 Å². The van der Waals surface area contributed by atoms with Crippen molar-refractivity contribution < 1.29 is 0 Å². The fourth-order valence-corrected chi connectivity index (χ4v) is 2.95. The highest BCUT2D eigenvalue weighted by molar-refractivity contribution is 7.15. The molecule has 0 unspecified atom stereocenters. The molecule has 0 aliphatic heterocycles. The van der Waals surface area contributed by atoms with E-state index >= 15 is 0 Å². The van der Waals surface area contributed by atoms with Gasteiger partial charge in [0, 0.05) is 17.6 Å². The second-order valence-corrected chi connectivity index (χ2v) is 5.49. The van der Waals surface area contributed by atoms with Crippen molar-refractivity contribution in [2.45, 2.75) is 40.2 Å². The van der Waals surface area contributed by atoms with Crippen molar-refractivity contribution in [3.05, 3.63) is 28.7 Å². The smallest absolute Gasteiger partial charge is 0.142 e. The summed E-state index contributed by atoms with van der Waals surface area (Å²) in [4.78, 5) is 14.6. The zero-order valence-electron chi connectivity index (χ0n) is 11.7. The molecule has 0 spiro atoms. The van der Waals surface area contributed by atoms with Gasteiger partial charge in [0.15, 0.2) is 0 Å². The minimum atomic E-state index is 0.788. The molecule has 19 heavy (non-hydrogen) atoms. The van der Waals surface area contributed by atoms with Crippen LogP contribution in [-0.4, -0.2) is 21.5 Å². The van der Waals surface area contributed by atoms with E-state index in [4.69, 9.17) is 4.98 Å². The van der Waals surface area contributed by atoms with Crippen LogP contribution in [0.3, 0.4) is 0 Å². The van der Waals surface area contributed by atoms with Crippen LogP contribution in [0.1, 0.15) is 36.7 Å². The Balaban J connectivity index is 2.22. The monoisotopic (exact) mass is 276 g/mol. The molecule has 4 nitrogen and oxygen atoms in total. The van der Waals surface area contributed by atoms with Gasteiger partial charge in [0.1, 0.15) is 16.5 Å². The van der Waals surface area contributed by atoms with Crippen LogP contribution in [0.15, 0.2) is 12.3 Å². The third-order valence-electron chi connectivity index (χ3n) is 2.82. The van der Waals surface area contributed by atoms with Gasteiger partial charge in [-0.25, -0.2) is 15.0 Å². The number of hydrogen-bond donors (Lipinski definition) is 1. The standard InChI is InChI=1S/C14H20N4S/c1-4-7-15-9-13-11(5-2)18-14(19-13)12-6-8-16-10(3)17-12/h6,8,15H,4-5,7,9H2,1-3H3. The Kier molecular flexibility index (Phi) is 4.99. The van der Waals surface area contributed by atoms with Crippen LogP contribution >= 0.6 is 11.3 Å². The molecule has 1 N–H and O–H groups in total. The number of aryl methyl sites for hydroxylation is 2. The van der Waals surface area contributed by atoms with Crippen molar-refractivity contribution in [3.63, 3.8) is 0 Å². The first-order chi connectivity index (χ1) is 9.24. The summed E-state index contributed by atoms with van der Waals surface area (Å²) in [6.45, 7) is 8.17. The minimum Gasteiger partial charge on any atom is -0.312 e. The van der Waals surface area contributed by atoms with Crippen LogP contribution in [0.25, 0.3) is 10.7 Å². The highest BCUT2D eigenvalue weighted by Gasteiger charge is 2.12. The normalized spacial score (nSPS) is 10.9. The third kappa shape index (κ3) is 3.58. The summed E-state index contributed by atoms with van der Waals surface area (Å²) >= 11 is 1.73. The molecule has 0 amide bonds. The first-order valence-corrected chi connectivity index (χ1v) is 7.55. The second kappa shape index (κ2) is 6.73. The Morgan fingerprint density at radius 1 is 1.26 bits per heavy atom. The van der Waals surface area contributed by atoms with Gasteiger partial charge >= 0.3 is 0 Å². The van der Waals surface area contributed by atoms with E-state index in [1.807, 2.05) is 13.0 Å². The van der Waals surface area contributed by atoms with Crippen molar-refractivity contribution in [1.82, 2.24) is 20.3 Å². The Bertz CT molecular complexity index is 536. The SMILES string of the molecule is CCCNCc1sc(-c2ccnc(C)n2)nc1CC. The van der Waals surface area contributed by atoms with Crippen LogP contribution in [0.4, 0.5) is 0 Å². The molecule has 0 atom stereocenters. The van der Waals surface area contributed by atoms with Gasteiger partial charge in [0.05, 0.1) is 5.69 Å². The van der Waals surface area contributed by atoms with Gasteiger partial charge in [-0.1, -0.05) is 13.8 Å². The molecule has 0 radical (unpaired) electrons. The van der Waals surface area contributed by atoms with Crippen LogP contribution in [0, 0.1) is 6.92 Å². The Morgan fingerprint density at radius 2 is 2.11 bits per heavy atom. The highest BCUT2D eigenvalue weighted by atomic mass is 32.1. The molecule has 2 rings (SSSR count). The van der Waals surface area contributed by atoms with E-state index in [1.165, 1.54) is 10.6 Å².